The largest absolute Gasteiger partial charge is 0.462 e. The van der Waals surface area contributed by atoms with Crippen molar-refractivity contribution in [2.45, 2.75) is 38.3 Å². The number of aromatic amines is 1. The Morgan fingerprint density at radius 2 is 1.71 bits per heavy atom. The van der Waals surface area contributed by atoms with Crippen molar-refractivity contribution in [3.8, 4) is 0 Å². The Kier molecular flexibility index (Phi) is 5.96. The summed E-state index contributed by atoms with van der Waals surface area (Å²) in [6, 6.07) is 1.98. The number of hydrogen-bond donors (Lipinski definition) is 2. The molecule has 0 aliphatic rings. The first-order chi connectivity index (χ1) is 10.8. The molecule has 0 aliphatic carbocycles. The Labute approximate surface area is 138 Å². The normalized spacial score (nSPS) is 13.1. The van der Waals surface area contributed by atoms with Crippen molar-refractivity contribution in [1.82, 2.24) is 5.32 Å². The number of rotatable bonds is 5. The van der Waals surface area contributed by atoms with Crippen molar-refractivity contribution in [1.29, 1.82) is 0 Å². The molecule has 0 fully saturated rings. The average Bonchev–Trinajstić information content (AvgIpc) is 2.36. The lowest BCUT2D eigenvalue weighted by Gasteiger charge is -2.34. The van der Waals surface area contributed by atoms with Crippen molar-refractivity contribution in [3.63, 3.8) is 0 Å². The van der Waals surface area contributed by atoms with Gasteiger partial charge >= 0.3 is 18.0 Å². The second-order valence-corrected chi connectivity index (χ2v) is 5.87. The summed E-state index contributed by atoms with van der Waals surface area (Å²) in [5.74, 6) is -2.44. The van der Waals surface area contributed by atoms with Crippen LogP contribution >= 0.6 is 11.6 Å². The maximum Gasteiger partial charge on any atom is 0.462 e. The molecule has 1 aromatic rings. The molecule has 3 N–H and O–H groups in total. The summed E-state index contributed by atoms with van der Waals surface area (Å²) in [6.07, 6.45) is -11.2. The summed E-state index contributed by atoms with van der Waals surface area (Å²) in [5.41, 5.74) is -4.64. The minimum Gasteiger partial charge on any atom is -0.300 e. The summed E-state index contributed by atoms with van der Waals surface area (Å²) in [7, 11) is 0. The van der Waals surface area contributed by atoms with E-state index in [4.69, 9.17) is 11.6 Å². The Hall–Kier alpha value is -1.71. The predicted molar refractivity (Wildman–Crippen MR) is 74.1 cm³/mol. The molecule has 0 radical (unpaired) electrons. The molecule has 0 atom stereocenters. The van der Waals surface area contributed by atoms with Crippen LogP contribution in [0, 0.1) is 5.92 Å². The van der Waals surface area contributed by atoms with Crippen LogP contribution in [0.2, 0.25) is 5.02 Å². The number of amides is 1. The number of aromatic nitrogens is 1. The Balaban J connectivity index is 3.31. The highest BCUT2D eigenvalue weighted by atomic mass is 35.5. The van der Waals surface area contributed by atoms with Crippen molar-refractivity contribution in [3.05, 3.63) is 23.4 Å². The molecule has 1 amide bonds. The van der Waals surface area contributed by atoms with Gasteiger partial charge in [0, 0.05) is 12.5 Å². The molecular weight excluding hydrogens is 364 g/mol. The third-order valence-corrected chi connectivity index (χ3v) is 3.10. The van der Waals surface area contributed by atoms with Gasteiger partial charge in [-0.1, -0.05) is 25.4 Å². The molecule has 4 nitrogen and oxygen atoms in total. The molecule has 0 saturated carbocycles. The van der Waals surface area contributed by atoms with Crippen molar-refractivity contribution < 1.29 is 36.1 Å². The van der Waals surface area contributed by atoms with E-state index < -0.39 is 42.1 Å². The number of alkyl halides is 6. The van der Waals surface area contributed by atoms with Gasteiger partial charge in [0.1, 0.15) is 6.20 Å². The number of carbonyl (C=O) groups is 1. The van der Waals surface area contributed by atoms with Crippen LogP contribution in [0.3, 0.4) is 0 Å². The molecule has 1 rings (SSSR count). The number of hydrogen-bond acceptors (Lipinski definition) is 2. The zero-order valence-corrected chi connectivity index (χ0v) is 13.3. The zero-order chi connectivity index (χ0) is 18.8. The fourth-order valence-electron chi connectivity index (χ4n) is 1.79. The Morgan fingerprint density at radius 3 is 2.08 bits per heavy atom. The SMILES string of the molecule is CC(C)CC(=O)NC(Nc1ccc(Cl)c[nH+]1)(C(F)(F)F)C(F)(F)F. The zero-order valence-electron chi connectivity index (χ0n) is 12.6. The van der Waals surface area contributed by atoms with Crippen LogP contribution in [-0.2, 0) is 4.79 Å². The highest BCUT2D eigenvalue weighted by molar-refractivity contribution is 6.30. The molecule has 0 unspecified atom stereocenters. The molecule has 0 aromatic carbocycles. The Morgan fingerprint density at radius 1 is 1.17 bits per heavy atom. The van der Waals surface area contributed by atoms with E-state index in [1.165, 1.54) is 19.2 Å². The van der Waals surface area contributed by atoms with Gasteiger partial charge in [-0.25, -0.2) is 10.3 Å². The molecule has 0 saturated heterocycles. The lowest BCUT2D eigenvalue weighted by Crippen LogP contribution is -2.72. The lowest BCUT2D eigenvalue weighted by molar-refractivity contribution is -0.367. The molecule has 1 heterocycles. The second-order valence-electron chi connectivity index (χ2n) is 5.44. The van der Waals surface area contributed by atoms with E-state index in [0.29, 0.717) is 0 Å². The van der Waals surface area contributed by atoms with E-state index in [0.717, 1.165) is 23.6 Å². The fraction of sp³-hybridized carbons (Fsp3) is 0.538. The lowest BCUT2D eigenvalue weighted by atomic mass is 10.1. The van der Waals surface area contributed by atoms with E-state index in [1.807, 2.05) is 0 Å². The molecule has 0 spiro atoms. The highest BCUT2D eigenvalue weighted by Crippen LogP contribution is 2.43. The van der Waals surface area contributed by atoms with Gasteiger partial charge in [-0.15, -0.1) is 0 Å². The number of H-pyrrole nitrogens is 1. The predicted octanol–water partition coefficient (Wildman–Crippen LogP) is 3.55. The average molecular weight is 379 g/mol. The van der Waals surface area contributed by atoms with Gasteiger partial charge in [0.15, 0.2) is 0 Å². The minimum absolute atomic E-state index is 0.0778. The molecule has 1 aromatic heterocycles. The molecule has 136 valence electrons. The summed E-state index contributed by atoms with van der Waals surface area (Å²) < 4.78 is 79.8. The van der Waals surface area contributed by atoms with Crippen LogP contribution in [0.25, 0.3) is 0 Å². The fourth-order valence-corrected chi connectivity index (χ4v) is 1.91. The van der Waals surface area contributed by atoms with Crippen molar-refractivity contribution >= 4 is 23.3 Å². The van der Waals surface area contributed by atoms with Crippen molar-refractivity contribution in [2.24, 2.45) is 5.92 Å². The van der Waals surface area contributed by atoms with Gasteiger partial charge in [-0.2, -0.15) is 26.3 Å². The van der Waals surface area contributed by atoms with Crippen LogP contribution in [0.15, 0.2) is 18.3 Å². The van der Waals surface area contributed by atoms with Crippen LogP contribution in [0.4, 0.5) is 32.2 Å². The van der Waals surface area contributed by atoms with E-state index >= 15 is 0 Å². The molecule has 11 heteroatoms. The van der Waals surface area contributed by atoms with Crippen LogP contribution in [0.5, 0.6) is 0 Å². The van der Waals surface area contributed by atoms with Gasteiger partial charge in [-0.05, 0) is 12.0 Å². The number of halogens is 7. The van der Waals surface area contributed by atoms with Crippen LogP contribution in [0.1, 0.15) is 20.3 Å². The monoisotopic (exact) mass is 378 g/mol. The topological polar surface area (TPSA) is 55.3 Å². The summed E-state index contributed by atoms with van der Waals surface area (Å²) in [5, 5.41) is 2.44. The number of anilines is 1. The summed E-state index contributed by atoms with van der Waals surface area (Å²) in [4.78, 5) is 13.8. The van der Waals surface area contributed by atoms with Crippen molar-refractivity contribution in [2.75, 3.05) is 5.32 Å². The smallest absolute Gasteiger partial charge is 0.300 e. The van der Waals surface area contributed by atoms with Crippen LogP contribution in [-0.4, -0.2) is 23.9 Å². The van der Waals surface area contributed by atoms with Gasteiger partial charge < -0.3 is 0 Å². The molecule has 24 heavy (non-hydrogen) atoms. The van der Waals surface area contributed by atoms with E-state index in [2.05, 4.69) is 4.98 Å². The quantitative estimate of drug-likeness (QED) is 0.608. The van der Waals surface area contributed by atoms with Crippen LogP contribution < -0.4 is 15.6 Å². The number of nitrogens with one attached hydrogen (secondary N) is 3. The number of pyridine rings is 1. The highest BCUT2D eigenvalue weighted by Gasteiger charge is 2.76. The van der Waals surface area contributed by atoms with E-state index in [-0.39, 0.29) is 5.02 Å². The Bertz CT molecular complexity index is 557. The molecule has 0 bridgehead atoms. The summed E-state index contributed by atoms with van der Waals surface area (Å²) >= 11 is 5.53. The molecular formula is C13H15ClF6N3O+. The van der Waals surface area contributed by atoms with Gasteiger partial charge in [0.25, 0.3) is 5.82 Å². The number of carbonyl (C=O) groups excluding carboxylic acids is 1. The van der Waals surface area contributed by atoms with Gasteiger partial charge in [0.2, 0.25) is 5.91 Å². The summed E-state index contributed by atoms with van der Waals surface area (Å²) in [6.45, 7) is 2.98. The first-order valence-corrected chi connectivity index (χ1v) is 7.06. The third kappa shape index (κ3) is 4.65. The standard InChI is InChI=1S/C13H14ClF6N3O/c1-7(2)5-10(24)23-11(12(15,16)17,13(18,19)20)22-9-4-3-8(14)6-21-9/h3-4,6-7H,5H2,1-2H3,(H,21,22)(H,23,24)/p+1. The maximum absolute atomic E-state index is 13.3. The minimum atomic E-state index is -5.86. The molecule has 0 aliphatic heterocycles. The van der Waals surface area contributed by atoms with Gasteiger partial charge in [0.05, 0.1) is 5.02 Å². The van der Waals surface area contributed by atoms with E-state index in [1.54, 1.807) is 0 Å². The first kappa shape index (κ1) is 20.3. The third-order valence-electron chi connectivity index (χ3n) is 2.87. The second kappa shape index (κ2) is 7.04. The first-order valence-electron chi connectivity index (χ1n) is 6.68. The van der Waals surface area contributed by atoms with E-state index in [9.17, 15) is 31.1 Å². The van der Waals surface area contributed by atoms with Gasteiger partial charge in [-0.3, -0.25) is 10.1 Å². The maximum atomic E-state index is 13.3.